The Bertz CT molecular complexity index is 211. The fourth-order valence-corrected chi connectivity index (χ4v) is 3.06. The molecule has 0 radical (unpaired) electrons. The summed E-state index contributed by atoms with van der Waals surface area (Å²) in [6, 6.07) is 0.833. The summed E-state index contributed by atoms with van der Waals surface area (Å²) in [5.74, 6) is 0. The normalized spacial score (nSPS) is 26.5. The molecule has 4 nitrogen and oxygen atoms in total. The molecule has 0 bridgehead atoms. The molecule has 1 aliphatic carbocycles. The van der Waals surface area contributed by atoms with Gasteiger partial charge in [0.15, 0.2) is 0 Å². The highest BCUT2D eigenvalue weighted by Gasteiger charge is 2.25. The molecule has 2 fully saturated rings. The van der Waals surface area contributed by atoms with E-state index in [1.807, 2.05) is 0 Å². The minimum Gasteiger partial charge on any atom is -0.395 e. The second-order valence-electron chi connectivity index (χ2n) is 5.55. The van der Waals surface area contributed by atoms with Crippen molar-refractivity contribution in [2.75, 3.05) is 39.3 Å². The lowest BCUT2D eigenvalue weighted by Gasteiger charge is -2.38. The molecule has 1 unspecified atom stereocenters. The number of nitrogens with zero attached hydrogens (tertiary/aromatic N) is 2. The number of hydrogen-bond acceptors (Lipinski definition) is 4. The number of nitrogens with two attached hydrogens (primary N) is 1. The number of piperazine rings is 1. The maximum Gasteiger partial charge on any atom is 0.0583 e. The minimum atomic E-state index is -0.0390. The van der Waals surface area contributed by atoms with Crippen molar-refractivity contribution in [3.05, 3.63) is 0 Å². The van der Waals surface area contributed by atoms with Crippen LogP contribution < -0.4 is 5.73 Å². The fourth-order valence-electron chi connectivity index (χ4n) is 3.06. The molecule has 2 rings (SSSR count). The summed E-state index contributed by atoms with van der Waals surface area (Å²) in [6.45, 7) is 5.95. The first kappa shape index (κ1) is 13.3. The highest BCUT2D eigenvalue weighted by molar-refractivity contribution is 4.82. The summed E-state index contributed by atoms with van der Waals surface area (Å²) in [7, 11) is 0. The topological polar surface area (TPSA) is 52.7 Å². The van der Waals surface area contributed by atoms with Crippen LogP contribution in [0, 0.1) is 0 Å². The molecule has 2 aliphatic rings. The van der Waals surface area contributed by atoms with Gasteiger partial charge in [-0.05, 0) is 25.8 Å². The van der Waals surface area contributed by atoms with E-state index in [9.17, 15) is 0 Å². The zero-order valence-corrected chi connectivity index (χ0v) is 10.9. The molecule has 1 saturated heterocycles. The first-order chi connectivity index (χ1) is 8.29. The third-order valence-corrected chi connectivity index (χ3v) is 4.30. The number of aliphatic hydroxyl groups is 1. The molecule has 1 heterocycles. The largest absolute Gasteiger partial charge is 0.395 e. The van der Waals surface area contributed by atoms with Crippen LogP contribution in [0.15, 0.2) is 0 Å². The monoisotopic (exact) mass is 241 g/mol. The van der Waals surface area contributed by atoms with Crippen molar-refractivity contribution in [2.24, 2.45) is 5.73 Å². The number of aliphatic hydroxyl groups excluding tert-OH is 1. The lowest BCUT2D eigenvalue weighted by Crippen LogP contribution is -2.50. The Morgan fingerprint density at radius 2 is 1.76 bits per heavy atom. The van der Waals surface area contributed by atoms with E-state index in [-0.39, 0.29) is 12.6 Å². The quantitative estimate of drug-likeness (QED) is 0.725. The molecule has 0 aromatic carbocycles. The van der Waals surface area contributed by atoms with Gasteiger partial charge in [0.05, 0.1) is 6.61 Å². The highest BCUT2D eigenvalue weighted by atomic mass is 16.3. The third kappa shape index (κ3) is 3.91. The Morgan fingerprint density at radius 3 is 2.35 bits per heavy atom. The molecule has 1 saturated carbocycles. The van der Waals surface area contributed by atoms with E-state index < -0.39 is 0 Å². The summed E-state index contributed by atoms with van der Waals surface area (Å²) in [5.41, 5.74) is 5.73. The van der Waals surface area contributed by atoms with E-state index in [0.29, 0.717) is 0 Å². The van der Waals surface area contributed by atoms with Gasteiger partial charge in [0.2, 0.25) is 0 Å². The molecule has 1 aliphatic heterocycles. The van der Waals surface area contributed by atoms with Crippen molar-refractivity contribution >= 4 is 0 Å². The van der Waals surface area contributed by atoms with Crippen LogP contribution in [-0.2, 0) is 0 Å². The highest BCUT2D eigenvalue weighted by Crippen LogP contribution is 2.24. The maximum atomic E-state index is 8.90. The molecule has 4 heteroatoms. The van der Waals surface area contributed by atoms with Gasteiger partial charge in [-0.2, -0.15) is 0 Å². The van der Waals surface area contributed by atoms with Gasteiger partial charge < -0.3 is 15.7 Å². The lowest BCUT2D eigenvalue weighted by molar-refractivity contribution is 0.0942. The number of hydrogen-bond donors (Lipinski definition) is 2. The van der Waals surface area contributed by atoms with Crippen molar-refractivity contribution < 1.29 is 5.11 Å². The molecule has 0 aromatic rings. The molecule has 1 atom stereocenters. The Kier molecular flexibility index (Phi) is 5.22. The van der Waals surface area contributed by atoms with Crippen LogP contribution >= 0.6 is 0 Å². The molecule has 17 heavy (non-hydrogen) atoms. The minimum absolute atomic E-state index is 0.0390. The SMILES string of the molecule is NC(CO)CCN1CCN(C2CCCC2)CC1. The van der Waals surface area contributed by atoms with E-state index in [0.717, 1.165) is 19.0 Å². The zero-order valence-electron chi connectivity index (χ0n) is 10.9. The van der Waals surface area contributed by atoms with Crippen LogP contribution in [0.4, 0.5) is 0 Å². The molecule has 0 amide bonds. The predicted molar refractivity (Wildman–Crippen MR) is 69.9 cm³/mol. The second kappa shape index (κ2) is 6.69. The van der Waals surface area contributed by atoms with Crippen molar-refractivity contribution in [1.29, 1.82) is 0 Å². The van der Waals surface area contributed by atoms with Crippen molar-refractivity contribution in [2.45, 2.75) is 44.2 Å². The van der Waals surface area contributed by atoms with E-state index in [1.54, 1.807) is 0 Å². The lowest BCUT2D eigenvalue weighted by atomic mass is 10.1. The number of rotatable bonds is 5. The first-order valence-electron chi connectivity index (χ1n) is 7.12. The molecule has 3 N–H and O–H groups in total. The van der Waals surface area contributed by atoms with Crippen LogP contribution in [0.1, 0.15) is 32.1 Å². The van der Waals surface area contributed by atoms with Gasteiger partial charge in [-0.15, -0.1) is 0 Å². The predicted octanol–water partition coefficient (Wildman–Crippen LogP) is 0.256. The van der Waals surface area contributed by atoms with Crippen LogP contribution in [0.5, 0.6) is 0 Å². The standard InChI is InChI=1S/C13H27N3O/c14-12(11-17)5-6-15-7-9-16(10-8-15)13-3-1-2-4-13/h12-13,17H,1-11,14H2. The van der Waals surface area contributed by atoms with Gasteiger partial charge >= 0.3 is 0 Å². The summed E-state index contributed by atoms with van der Waals surface area (Å²) in [4.78, 5) is 5.16. The summed E-state index contributed by atoms with van der Waals surface area (Å²) in [6.07, 6.45) is 6.59. The summed E-state index contributed by atoms with van der Waals surface area (Å²) < 4.78 is 0. The van der Waals surface area contributed by atoms with Gasteiger partial charge in [-0.25, -0.2) is 0 Å². The van der Waals surface area contributed by atoms with Crippen molar-refractivity contribution in [1.82, 2.24) is 9.80 Å². The molecular weight excluding hydrogens is 214 g/mol. The first-order valence-corrected chi connectivity index (χ1v) is 7.12. The average molecular weight is 241 g/mol. The average Bonchev–Trinajstić information content (AvgIpc) is 2.90. The van der Waals surface area contributed by atoms with Gasteiger partial charge in [0.25, 0.3) is 0 Å². The van der Waals surface area contributed by atoms with E-state index in [1.165, 1.54) is 51.9 Å². The molecule has 0 aromatic heterocycles. The Hall–Kier alpha value is -0.160. The van der Waals surface area contributed by atoms with Gasteiger partial charge in [0.1, 0.15) is 0 Å². The van der Waals surface area contributed by atoms with E-state index in [4.69, 9.17) is 10.8 Å². The fraction of sp³-hybridized carbons (Fsp3) is 1.00. The van der Waals surface area contributed by atoms with Crippen LogP contribution in [0.3, 0.4) is 0 Å². The summed E-state index contributed by atoms with van der Waals surface area (Å²) >= 11 is 0. The Labute approximate surface area is 105 Å². The molecular formula is C13H27N3O. The van der Waals surface area contributed by atoms with Crippen LogP contribution in [-0.4, -0.2) is 66.3 Å². The smallest absolute Gasteiger partial charge is 0.0583 e. The van der Waals surface area contributed by atoms with Gasteiger partial charge in [-0.1, -0.05) is 12.8 Å². The van der Waals surface area contributed by atoms with Crippen molar-refractivity contribution in [3.63, 3.8) is 0 Å². The van der Waals surface area contributed by atoms with Crippen LogP contribution in [0.2, 0.25) is 0 Å². The van der Waals surface area contributed by atoms with Crippen LogP contribution in [0.25, 0.3) is 0 Å². The van der Waals surface area contributed by atoms with E-state index >= 15 is 0 Å². The second-order valence-corrected chi connectivity index (χ2v) is 5.55. The summed E-state index contributed by atoms with van der Waals surface area (Å²) in [5, 5.41) is 8.90. The Morgan fingerprint density at radius 1 is 1.12 bits per heavy atom. The Balaban J connectivity index is 1.63. The third-order valence-electron chi connectivity index (χ3n) is 4.30. The van der Waals surface area contributed by atoms with Crippen molar-refractivity contribution in [3.8, 4) is 0 Å². The maximum absolute atomic E-state index is 8.90. The van der Waals surface area contributed by atoms with Gasteiger partial charge in [-0.3, -0.25) is 4.90 Å². The zero-order chi connectivity index (χ0) is 12.1. The van der Waals surface area contributed by atoms with E-state index in [2.05, 4.69) is 9.80 Å². The van der Waals surface area contributed by atoms with Gasteiger partial charge in [0, 0.05) is 38.3 Å². The molecule has 0 spiro atoms. The molecule has 100 valence electrons.